The number of carbonyl (C=O) groups is 1. The molecule has 1 aliphatic heterocycles. The van der Waals surface area contributed by atoms with E-state index in [0.29, 0.717) is 6.42 Å². The summed E-state index contributed by atoms with van der Waals surface area (Å²) in [4.78, 5) is 10.9. The minimum absolute atomic E-state index is 0.00991. The summed E-state index contributed by atoms with van der Waals surface area (Å²) in [6.45, 7) is 0. The fourth-order valence-corrected chi connectivity index (χ4v) is 3.47. The maximum absolute atomic E-state index is 11.3. The minimum Gasteiger partial charge on any atom is -0.396 e. The van der Waals surface area contributed by atoms with Crippen molar-refractivity contribution in [3.8, 4) is 0 Å². The number of nitrogens with zero attached hydrogens (tertiary/aromatic N) is 2. The Hall–Kier alpha value is -1.57. The number of nitrogen functional groups attached to an aromatic ring is 1. The Morgan fingerprint density at radius 3 is 2.69 bits per heavy atom. The number of anilines is 1. The Kier molecular flexibility index (Phi) is 2.38. The van der Waals surface area contributed by atoms with Gasteiger partial charge < -0.3 is 11.5 Å². The smallest absolute Gasteiger partial charge is 0.271 e. The number of aromatic nitrogens is 2. The van der Waals surface area contributed by atoms with Crippen molar-refractivity contribution in [2.45, 2.75) is 12.5 Å². The Labute approximate surface area is 92.3 Å². The SMILES string of the molecule is NC(=O)c1nn(C2CCS(=O)(=O)C2)cc1N. The molecule has 16 heavy (non-hydrogen) atoms. The molecule has 2 rings (SSSR count). The van der Waals surface area contributed by atoms with E-state index in [0.717, 1.165) is 0 Å². The molecule has 88 valence electrons. The maximum atomic E-state index is 11.3. The third kappa shape index (κ3) is 1.87. The van der Waals surface area contributed by atoms with Crippen molar-refractivity contribution in [3.63, 3.8) is 0 Å². The average molecular weight is 244 g/mol. The van der Waals surface area contributed by atoms with Gasteiger partial charge in [0.15, 0.2) is 15.5 Å². The van der Waals surface area contributed by atoms with Gasteiger partial charge in [-0.1, -0.05) is 0 Å². The number of hydrogen-bond acceptors (Lipinski definition) is 5. The Morgan fingerprint density at radius 2 is 2.25 bits per heavy atom. The summed E-state index contributed by atoms with van der Waals surface area (Å²) in [7, 11) is -2.99. The van der Waals surface area contributed by atoms with Crippen LogP contribution in [-0.4, -0.2) is 35.6 Å². The molecule has 0 bridgehead atoms. The van der Waals surface area contributed by atoms with E-state index in [1.807, 2.05) is 0 Å². The zero-order valence-electron chi connectivity index (χ0n) is 8.46. The number of carbonyl (C=O) groups excluding carboxylic acids is 1. The predicted molar refractivity (Wildman–Crippen MR) is 57.5 cm³/mol. The molecule has 1 atom stereocenters. The molecule has 1 saturated heterocycles. The summed E-state index contributed by atoms with van der Waals surface area (Å²) in [6.07, 6.45) is 1.94. The van der Waals surface area contributed by atoms with Crippen LogP contribution in [0.15, 0.2) is 6.20 Å². The second-order valence-electron chi connectivity index (χ2n) is 3.83. The maximum Gasteiger partial charge on any atom is 0.271 e. The highest BCUT2D eigenvalue weighted by Gasteiger charge is 2.30. The van der Waals surface area contributed by atoms with Gasteiger partial charge in [-0.05, 0) is 6.42 Å². The summed E-state index contributed by atoms with van der Waals surface area (Å²) in [5.41, 5.74) is 10.8. The monoisotopic (exact) mass is 244 g/mol. The van der Waals surface area contributed by atoms with E-state index >= 15 is 0 Å². The topological polar surface area (TPSA) is 121 Å². The van der Waals surface area contributed by atoms with E-state index in [4.69, 9.17) is 11.5 Å². The van der Waals surface area contributed by atoms with E-state index < -0.39 is 15.7 Å². The molecule has 1 aliphatic rings. The predicted octanol–water partition coefficient (Wildman–Crippen LogP) is -1.08. The van der Waals surface area contributed by atoms with Crippen molar-refractivity contribution >= 4 is 21.4 Å². The van der Waals surface area contributed by atoms with E-state index in [1.165, 1.54) is 10.9 Å². The summed E-state index contributed by atoms with van der Waals surface area (Å²) in [5.74, 6) is -0.535. The molecule has 4 N–H and O–H groups in total. The number of rotatable bonds is 2. The van der Waals surface area contributed by atoms with Crippen molar-refractivity contribution in [1.29, 1.82) is 0 Å². The fourth-order valence-electron chi connectivity index (χ4n) is 1.77. The molecule has 0 aliphatic carbocycles. The van der Waals surface area contributed by atoms with Crippen LogP contribution in [0, 0.1) is 0 Å². The van der Waals surface area contributed by atoms with Gasteiger partial charge in [-0.15, -0.1) is 0 Å². The lowest BCUT2D eigenvalue weighted by atomic mass is 10.3. The lowest BCUT2D eigenvalue weighted by Gasteiger charge is -2.06. The van der Waals surface area contributed by atoms with Gasteiger partial charge >= 0.3 is 0 Å². The molecule has 1 amide bonds. The Balaban J connectivity index is 2.30. The summed E-state index contributed by atoms with van der Waals surface area (Å²) in [6, 6.07) is -0.250. The van der Waals surface area contributed by atoms with E-state index in [2.05, 4.69) is 5.10 Å². The van der Waals surface area contributed by atoms with Crippen molar-refractivity contribution in [2.75, 3.05) is 17.2 Å². The zero-order chi connectivity index (χ0) is 11.9. The Morgan fingerprint density at radius 1 is 1.56 bits per heavy atom. The first kappa shape index (κ1) is 10.9. The van der Waals surface area contributed by atoms with Crippen molar-refractivity contribution < 1.29 is 13.2 Å². The lowest BCUT2D eigenvalue weighted by molar-refractivity contribution is 0.0995. The van der Waals surface area contributed by atoms with Gasteiger partial charge in [0.25, 0.3) is 5.91 Å². The van der Waals surface area contributed by atoms with Gasteiger partial charge in [0.2, 0.25) is 0 Å². The Bertz CT molecular complexity index is 533. The first-order valence-electron chi connectivity index (χ1n) is 4.74. The van der Waals surface area contributed by atoms with Crippen LogP contribution in [0.2, 0.25) is 0 Å². The first-order chi connectivity index (χ1) is 7.39. The van der Waals surface area contributed by atoms with Crippen LogP contribution in [0.1, 0.15) is 23.0 Å². The molecule has 1 aromatic heterocycles. The highest BCUT2D eigenvalue weighted by molar-refractivity contribution is 7.91. The van der Waals surface area contributed by atoms with Crippen LogP contribution in [0.5, 0.6) is 0 Å². The normalized spacial score (nSPS) is 23.4. The van der Waals surface area contributed by atoms with Gasteiger partial charge in [0, 0.05) is 6.20 Å². The molecular weight excluding hydrogens is 232 g/mol. The molecule has 7 nitrogen and oxygen atoms in total. The van der Waals surface area contributed by atoms with Gasteiger partial charge in [-0.25, -0.2) is 8.42 Å². The molecule has 0 aromatic carbocycles. The van der Waals surface area contributed by atoms with E-state index in [9.17, 15) is 13.2 Å². The van der Waals surface area contributed by atoms with E-state index in [1.54, 1.807) is 0 Å². The standard InChI is InChI=1S/C8H12N4O3S/c9-6-3-12(11-7(6)8(10)13)5-1-2-16(14,15)4-5/h3,5H,1-2,4,9H2,(H2,10,13). The van der Waals surface area contributed by atoms with Gasteiger partial charge in [0.05, 0.1) is 23.2 Å². The zero-order valence-corrected chi connectivity index (χ0v) is 9.27. The largest absolute Gasteiger partial charge is 0.396 e. The number of primary amides is 1. The molecule has 1 aromatic rings. The van der Waals surface area contributed by atoms with Crippen LogP contribution in [0.4, 0.5) is 5.69 Å². The van der Waals surface area contributed by atoms with Crippen molar-refractivity contribution in [2.24, 2.45) is 5.73 Å². The molecule has 2 heterocycles. The summed E-state index contributed by atoms with van der Waals surface area (Å²) in [5, 5.41) is 3.91. The molecule has 1 unspecified atom stereocenters. The average Bonchev–Trinajstić information content (AvgIpc) is 2.69. The number of hydrogen-bond donors (Lipinski definition) is 2. The number of amides is 1. The van der Waals surface area contributed by atoms with Gasteiger partial charge in [0.1, 0.15) is 0 Å². The van der Waals surface area contributed by atoms with Crippen molar-refractivity contribution in [3.05, 3.63) is 11.9 Å². The molecule has 1 fully saturated rings. The second-order valence-corrected chi connectivity index (χ2v) is 6.06. The van der Waals surface area contributed by atoms with Crippen LogP contribution in [-0.2, 0) is 9.84 Å². The molecule has 8 heteroatoms. The van der Waals surface area contributed by atoms with Crippen molar-refractivity contribution in [1.82, 2.24) is 9.78 Å². The fraction of sp³-hybridized carbons (Fsp3) is 0.500. The van der Waals surface area contributed by atoms with Crippen LogP contribution in [0.25, 0.3) is 0 Å². The number of nitrogens with two attached hydrogens (primary N) is 2. The minimum atomic E-state index is -2.99. The third-order valence-corrected chi connectivity index (χ3v) is 4.33. The number of sulfone groups is 1. The second kappa shape index (κ2) is 3.48. The first-order valence-corrected chi connectivity index (χ1v) is 6.56. The van der Waals surface area contributed by atoms with Crippen LogP contribution in [0.3, 0.4) is 0 Å². The van der Waals surface area contributed by atoms with Gasteiger partial charge in [-0.3, -0.25) is 9.48 Å². The third-order valence-electron chi connectivity index (χ3n) is 2.58. The summed E-state index contributed by atoms with van der Waals surface area (Å²) >= 11 is 0. The lowest BCUT2D eigenvalue weighted by Crippen LogP contribution is -2.16. The highest BCUT2D eigenvalue weighted by Crippen LogP contribution is 2.24. The molecular formula is C8H12N4O3S. The van der Waals surface area contributed by atoms with E-state index in [-0.39, 0.29) is 28.9 Å². The van der Waals surface area contributed by atoms with Gasteiger partial charge in [-0.2, -0.15) is 5.10 Å². The summed E-state index contributed by atoms with van der Waals surface area (Å²) < 4.78 is 24.0. The molecule has 0 saturated carbocycles. The highest BCUT2D eigenvalue weighted by atomic mass is 32.2. The van der Waals surface area contributed by atoms with Crippen LogP contribution >= 0.6 is 0 Å². The molecule has 0 spiro atoms. The van der Waals surface area contributed by atoms with Crippen LogP contribution < -0.4 is 11.5 Å². The molecule has 0 radical (unpaired) electrons. The quantitative estimate of drug-likeness (QED) is 0.685.